The Bertz CT molecular complexity index is 280. The van der Waals surface area contributed by atoms with Crippen LogP contribution in [0.1, 0.15) is 39.5 Å². The molecule has 0 aliphatic heterocycles. The van der Waals surface area contributed by atoms with Crippen LogP contribution >= 0.6 is 0 Å². The number of aliphatic hydroxyl groups excluding tert-OH is 2. The van der Waals surface area contributed by atoms with Gasteiger partial charge < -0.3 is 20.0 Å². The third-order valence-corrected chi connectivity index (χ3v) is 3.15. The van der Waals surface area contributed by atoms with Crippen LogP contribution in [0.3, 0.4) is 0 Å². The van der Waals surface area contributed by atoms with E-state index in [0.717, 1.165) is 12.8 Å². The fraction of sp³-hybridized carbons (Fsp3) is 0.857. The van der Waals surface area contributed by atoms with Gasteiger partial charge in [-0.3, -0.25) is 9.59 Å². The van der Waals surface area contributed by atoms with Crippen molar-refractivity contribution < 1.29 is 19.8 Å². The minimum Gasteiger partial charge on any atom is -0.389 e. The lowest BCUT2D eigenvalue weighted by molar-refractivity contribution is -0.135. The fourth-order valence-corrected chi connectivity index (χ4v) is 1.82. The highest BCUT2D eigenvalue weighted by Gasteiger charge is 2.22. The predicted molar refractivity (Wildman–Crippen MR) is 77.1 cm³/mol. The minimum absolute atomic E-state index is 0.0610. The number of nitrogens with zero attached hydrogens (tertiary/aromatic N) is 2. The number of carbonyl (C=O) groups is 2. The monoisotopic (exact) mass is 288 g/mol. The molecule has 20 heavy (non-hydrogen) atoms. The zero-order valence-corrected chi connectivity index (χ0v) is 13.0. The van der Waals surface area contributed by atoms with E-state index in [-0.39, 0.29) is 24.9 Å². The number of carbonyl (C=O) groups excluding carboxylic acids is 2. The highest BCUT2D eigenvalue weighted by molar-refractivity contribution is 5.76. The molecule has 0 rings (SSSR count). The van der Waals surface area contributed by atoms with Gasteiger partial charge >= 0.3 is 0 Å². The van der Waals surface area contributed by atoms with E-state index >= 15 is 0 Å². The Kier molecular flexibility index (Phi) is 9.16. The molecule has 6 heteroatoms. The number of rotatable bonds is 9. The summed E-state index contributed by atoms with van der Waals surface area (Å²) in [5.74, 6) is -0.122. The number of amides is 2. The summed E-state index contributed by atoms with van der Waals surface area (Å²) in [4.78, 5) is 26.0. The van der Waals surface area contributed by atoms with E-state index in [4.69, 9.17) is 0 Å². The predicted octanol–water partition coefficient (Wildman–Crippen LogP) is 0.225. The van der Waals surface area contributed by atoms with Crippen molar-refractivity contribution in [3.63, 3.8) is 0 Å². The first-order valence-electron chi connectivity index (χ1n) is 7.17. The number of hydrogen-bond donors (Lipinski definition) is 2. The second kappa shape index (κ2) is 9.72. The Balaban J connectivity index is 4.23. The van der Waals surface area contributed by atoms with Crippen molar-refractivity contribution in [2.75, 3.05) is 27.2 Å². The molecular formula is C14H28N2O4. The van der Waals surface area contributed by atoms with Crippen molar-refractivity contribution >= 4 is 11.8 Å². The number of hydrogen-bond acceptors (Lipinski definition) is 4. The second-order valence-corrected chi connectivity index (χ2v) is 5.18. The highest BCUT2D eigenvalue weighted by atomic mass is 16.3. The Hall–Kier alpha value is -1.14. The van der Waals surface area contributed by atoms with Crippen LogP contribution in [0.4, 0.5) is 0 Å². The largest absolute Gasteiger partial charge is 0.389 e. The molecule has 118 valence electrons. The first-order valence-corrected chi connectivity index (χ1v) is 7.17. The molecule has 0 heterocycles. The van der Waals surface area contributed by atoms with Gasteiger partial charge in [0.1, 0.15) is 0 Å². The van der Waals surface area contributed by atoms with Crippen molar-refractivity contribution in [2.24, 2.45) is 0 Å². The van der Waals surface area contributed by atoms with Crippen molar-refractivity contribution in [1.29, 1.82) is 0 Å². The lowest BCUT2D eigenvalue weighted by Crippen LogP contribution is -2.45. The summed E-state index contributed by atoms with van der Waals surface area (Å²) in [5, 5.41) is 19.8. The molecule has 0 radical (unpaired) electrons. The first kappa shape index (κ1) is 18.9. The summed E-state index contributed by atoms with van der Waals surface area (Å²) < 4.78 is 0. The standard InChI is InChI=1S/C14H28N2O4/c1-5-7-13(19)15(3)9-11(17)12(18)10-16(4)14(20)8-6-2/h11-12,17-18H,5-10H2,1-4H3. The van der Waals surface area contributed by atoms with E-state index in [1.807, 2.05) is 13.8 Å². The zero-order chi connectivity index (χ0) is 15.7. The van der Waals surface area contributed by atoms with Crippen molar-refractivity contribution in [1.82, 2.24) is 9.80 Å². The first-order chi connectivity index (χ1) is 9.33. The molecule has 2 amide bonds. The number of aliphatic hydroxyl groups is 2. The maximum Gasteiger partial charge on any atom is 0.222 e. The van der Waals surface area contributed by atoms with Crippen LogP contribution in [-0.2, 0) is 9.59 Å². The van der Waals surface area contributed by atoms with Gasteiger partial charge in [0.05, 0.1) is 12.2 Å². The maximum absolute atomic E-state index is 11.6. The summed E-state index contributed by atoms with van der Waals surface area (Å²) >= 11 is 0. The van der Waals surface area contributed by atoms with Gasteiger partial charge in [0.25, 0.3) is 0 Å². The van der Waals surface area contributed by atoms with Crippen LogP contribution in [0, 0.1) is 0 Å². The van der Waals surface area contributed by atoms with Crippen LogP contribution in [0.5, 0.6) is 0 Å². The maximum atomic E-state index is 11.6. The van der Waals surface area contributed by atoms with E-state index in [1.54, 1.807) is 14.1 Å². The van der Waals surface area contributed by atoms with Crippen molar-refractivity contribution in [3.05, 3.63) is 0 Å². The molecule has 0 saturated carbocycles. The molecule has 2 atom stereocenters. The molecule has 0 bridgehead atoms. The van der Waals surface area contributed by atoms with Gasteiger partial charge in [0, 0.05) is 40.0 Å². The third kappa shape index (κ3) is 6.86. The molecule has 0 aromatic rings. The normalized spacial score (nSPS) is 13.7. The molecule has 0 aliphatic carbocycles. The Labute approximate surface area is 121 Å². The molecule has 6 nitrogen and oxygen atoms in total. The van der Waals surface area contributed by atoms with Crippen molar-refractivity contribution in [2.45, 2.75) is 51.7 Å². The van der Waals surface area contributed by atoms with Gasteiger partial charge in [-0.2, -0.15) is 0 Å². The Morgan fingerprint density at radius 1 is 0.850 bits per heavy atom. The SMILES string of the molecule is CCCC(=O)N(C)CC(O)C(O)CN(C)C(=O)CCC. The molecule has 0 fully saturated rings. The summed E-state index contributed by atoms with van der Waals surface area (Å²) in [6.45, 7) is 3.95. The summed E-state index contributed by atoms with van der Waals surface area (Å²) in [6.07, 6.45) is 0.226. The third-order valence-electron chi connectivity index (χ3n) is 3.15. The Morgan fingerprint density at radius 3 is 1.40 bits per heavy atom. The molecule has 2 N–H and O–H groups in total. The second-order valence-electron chi connectivity index (χ2n) is 5.18. The van der Waals surface area contributed by atoms with Crippen LogP contribution in [0.25, 0.3) is 0 Å². The van der Waals surface area contributed by atoms with E-state index < -0.39 is 12.2 Å². The van der Waals surface area contributed by atoms with Crippen LogP contribution in [0.2, 0.25) is 0 Å². The summed E-state index contributed by atoms with van der Waals surface area (Å²) in [6, 6.07) is 0. The Morgan fingerprint density at radius 2 is 1.15 bits per heavy atom. The molecule has 0 saturated heterocycles. The highest BCUT2D eigenvalue weighted by Crippen LogP contribution is 2.03. The number of likely N-dealkylation sites (N-methyl/N-ethyl adjacent to an activating group) is 2. The molecule has 0 aliphatic rings. The lowest BCUT2D eigenvalue weighted by atomic mass is 10.1. The molecule has 0 spiro atoms. The van der Waals surface area contributed by atoms with E-state index in [0.29, 0.717) is 12.8 Å². The molecular weight excluding hydrogens is 260 g/mol. The van der Waals surface area contributed by atoms with E-state index in [9.17, 15) is 19.8 Å². The molecule has 0 aromatic heterocycles. The quantitative estimate of drug-likeness (QED) is 0.636. The fourth-order valence-electron chi connectivity index (χ4n) is 1.82. The smallest absolute Gasteiger partial charge is 0.222 e. The van der Waals surface area contributed by atoms with Gasteiger partial charge in [0.15, 0.2) is 0 Å². The van der Waals surface area contributed by atoms with Gasteiger partial charge in [-0.15, -0.1) is 0 Å². The topological polar surface area (TPSA) is 81.1 Å². The van der Waals surface area contributed by atoms with E-state index in [2.05, 4.69) is 0 Å². The van der Waals surface area contributed by atoms with Crippen LogP contribution in [0.15, 0.2) is 0 Å². The van der Waals surface area contributed by atoms with Gasteiger partial charge in [-0.25, -0.2) is 0 Å². The summed E-state index contributed by atoms with van der Waals surface area (Å²) in [7, 11) is 3.19. The van der Waals surface area contributed by atoms with Crippen LogP contribution in [-0.4, -0.2) is 71.2 Å². The van der Waals surface area contributed by atoms with E-state index in [1.165, 1.54) is 9.80 Å². The average molecular weight is 288 g/mol. The average Bonchev–Trinajstić information content (AvgIpc) is 2.38. The summed E-state index contributed by atoms with van der Waals surface area (Å²) in [5.41, 5.74) is 0. The molecule has 2 unspecified atom stereocenters. The molecule has 0 aromatic carbocycles. The van der Waals surface area contributed by atoms with Gasteiger partial charge in [-0.05, 0) is 12.8 Å². The van der Waals surface area contributed by atoms with Crippen LogP contribution < -0.4 is 0 Å². The van der Waals surface area contributed by atoms with Gasteiger partial charge in [-0.1, -0.05) is 13.8 Å². The van der Waals surface area contributed by atoms with Crippen molar-refractivity contribution in [3.8, 4) is 0 Å². The van der Waals surface area contributed by atoms with Gasteiger partial charge in [0.2, 0.25) is 11.8 Å². The zero-order valence-electron chi connectivity index (χ0n) is 13.0. The lowest BCUT2D eigenvalue weighted by Gasteiger charge is -2.27. The minimum atomic E-state index is -1.06.